The van der Waals surface area contributed by atoms with Gasteiger partial charge in [-0.05, 0) is 31.4 Å². The summed E-state index contributed by atoms with van der Waals surface area (Å²) in [5.74, 6) is 1.84. The molecule has 3 heteroatoms. The first-order chi connectivity index (χ1) is 8.18. The van der Waals surface area contributed by atoms with Crippen LogP contribution in [0, 0.1) is 5.92 Å². The summed E-state index contributed by atoms with van der Waals surface area (Å²) in [6, 6.07) is 4.92. The number of anilines is 1. The maximum Gasteiger partial charge on any atom is 0.132 e. The van der Waals surface area contributed by atoms with E-state index in [0.29, 0.717) is 12.0 Å². The summed E-state index contributed by atoms with van der Waals surface area (Å²) in [5.41, 5.74) is 1.31. The number of hydrogen-bond donors (Lipinski definition) is 1. The third kappa shape index (κ3) is 3.43. The van der Waals surface area contributed by atoms with Gasteiger partial charge >= 0.3 is 0 Å². The molecule has 2 rings (SSSR count). The van der Waals surface area contributed by atoms with Crippen molar-refractivity contribution >= 4 is 5.82 Å². The minimum absolute atomic E-state index is 0.691. The van der Waals surface area contributed by atoms with E-state index in [1.165, 1.54) is 18.4 Å². The quantitative estimate of drug-likeness (QED) is 0.818. The van der Waals surface area contributed by atoms with E-state index in [0.717, 1.165) is 18.9 Å². The molecular weight excluding hydrogens is 210 g/mol. The summed E-state index contributed by atoms with van der Waals surface area (Å²) in [6.07, 6.45) is 4.51. The lowest BCUT2D eigenvalue weighted by atomic mass is 10.2. The van der Waals surface area contributed by atoms with Gasteiger partial charge < -0.3 is 10.2 Å². The Morgan fingerprint density at radius 2 is 2.24 bits per heavy atom. The van der Waals surface area contributed by atoms with E-state index in [1.807, 2.05) is 12.3 Å². The minimum Gasteiger partial charge on any atom is -0.356 e. The molecule has 0 radical (unpaired) electrons. The van der Waals surface area contributed by atoms with Gasteiger partial charge in [-0.1, -0.05) is 19.9 Å². The van der Waals surface area contributed by atoms with Crippen molar-refractivity contribution in [1.29, 1.82) is 0 Å². The first kappa shape index (κ1) is 12.4. The summed E-state index contributed by atoms with van der Waals surface area (Å²) in [6.45, 7) is 6.43. The van der Waals surface area contributed by atoms with E-state index in [4.69, 9.17) is 0 Å². The summed E-state index contributed by atoms with van der Waals surface area (Å²) in [5, 5.41) is 3.49. The average molecular weight is 233 g/mol. The van der Waals surface area contributed by atoms with Gasteiger partial charge in [0.1, 0.15) is 5.82 Å². The fourth-order valence-electron chi connectivity index (χ4n) is 2.02. The molecule has 1 fully saturated rings. The lowest BCUT2D eigenvalue weighted by Crippen LogP contribution is -2.25. The Morgan fingerprint density at radius 1 is 1.47 bits per heavy atom. The molecule has 1 N–H and O–H groups in total. The van der Waals surface area contributed by atoms with Crippen LogP contribution in [-0.2, 0) is 6.54 Å². The molecular formula is C14H23N3. The van der Waals surface area contributed by atoms with Gasteiger partial charge in [0, 0.05) is 31.4 Å². The average Bonchev–Trinajstić information content (AvgIpc) is 3.12. The van der Waals surface area contributed by atoms with Crippen LogP contribution in [0.3, 0.4) is 0 Å². The monoisotopic (exact) mass is 233 g/mol. The van der Waals surface area contributed by atoms with Crippen molar-refractivity contribution in [2.75, 3.05) is 18.5 Å². The highest BCUT2D eigenvalue weighted by Crippen LogP contribution is 2.30. The number of hydrogen-bond acceptors (Lipinski definition) is 3. The Hall–Kier alpha value is -1.09. The van der Waals surface area contributed by atoms with Crippen LogP contribution in [0.5, 0.6) is 0 Å². The van der Waals surface area contributed by atoms with Crippen LogP contribution >= 0.6 is 0 Å². The number of rotatable bonds is 6. The van der Waals surface area contributed by atoms with Crippen molar-refractivity contribution in [3.8, 4) is 0 Å². The molecule has 0 spiro atoms. The van der Waals surface area contributed by atoms with Crippen molar-refractivity contribution in [2.45, 2.75) is 39.3 Å². The van der Waals surface area contributed by atoms with Crippen LogP contribution in [-0.4, -0.2) is 24.6 Å². The van der Waals surface area contributed by atoms with Crippen LogP contribution in [0.2, 0.25) is 0 Å². The second-order valence-electron chi connectivity index (χ2n) is 5.35. The van der Waals surface area contributed by atoms with Crippen molar-refractivity contribution in [1.82, 2.24) is 10.3 Å². The Kier molecular flexibility index (Phi) is 4.00. The first-order valence-electron chi connectivity index (χ1n) is 6.56. The standard InChI is InChI=1S/C14H23N3/c1-11(2)9-15-10-12-5-4-8-16-14(12)17(3)13-6-7-13/h4-5,8,11,13,15H,6-7,9-10H2,1-3H3. The predicted octanol–water partition coefficient (Wildman–Crippen LogP) is 2.43. The van der Waals surface area contributed by atoms with Crippen LogP contribution in [0.25, 0.3) is 0 Å². The Bertz CT molecular complexity index is 358. The third-order valence-electron chi connectivity index (χ3n) is 3.16. The predicted molar refractivity (Wildman–Crippen MR) is 72.2 cm³/mol. The molecule has 0 bridgehead atoms. The number of nitrogens with one attached hydrogen (secondary N) is 1. The SMILES string of the molecule is CC(C)CNCc1cccnc1N(C)C1CC1. The molecule has 1 saturated carbocycles. The van der Waals surface area contributed by atoms with Gasteiger partial charge in [-0.25, -0.2) is 4.98 Å². The third-order valence-corrected chi connectivity index (χ3v) is 3.16. The lowest BCUT2D eigenvalue weighted by Gasteiger charge is -2.21. The summed E-state index contributed by atoms with van der Waals surface area (Å²) < 4.78 is 0. The Labute approximate surface area is 104 Å². The second-order valence-corrected chi connectivity index (χ2v) is 5.35. The highest BCUT2D eigenvalue weighted by Gasteiger charge is 2.28. The fraction of sp³-hybridized carbons (Fsp3) is 0.643. The fourth-order valence-corrected chi connectivity index (χ4v) is 2.02. The lowest BCUT2D eigenvalue weighted by molar-refractivity contribution is 0.551. The van der Waals surface area contributed by atoms with Gasteiger partial charge in [-0.15, -0.1) is 0 Å². The molecule has 0 amide bonds. The second kappa shape index (κ2) is 5.50. The molecule has 1 aliphatic rings. The van der Waals surface area contributed by atoms with Crippen molar-refractivity contribution in [3.63, 3.8) is 0 Å². The molecule has 0 aliphatic heterocycles. The summed E-state index contributed by atoms with van der Waals surface area (Å²) in [7, 11) is 2.16. The van der Waals surface area contributed by atoms with E-state index in [1.54, 1.807) is 0 Å². The summed E-state index contributed by atoms with van der Waals surface area (Å²) in [4.78, 5) is 6.85. The van der Waals surface area contributed by atoms with Crippen LogP contribution in [0.15, 0.2) is 18.3 Å². The Morgan fingerprint density at radius 3 is 2.88 bits per heavy atom. The van der Waals surface area contributed by atoms with Gasteiger partial charge in [0.15, 0.2) is 0 Å². The Balaban J connectivity index is 1.99. The van der Waals surface area contributed by atoms with E-state index in [9.17, 15) is 0 Å². The van der Waals surface area contributed by atoms with Crippen LogP contribution in [0.1, 0.15) is 32.3 Å². The molecule has 17 heavy (non-hydrogen) atoms. The minimum atomic E-state index is 0.691. The van der Waals surface area contributed by atoms with E-state index >= 15 is 0 Å². The molecule has 94 valence electrons. The molecule has 1 heterocycles. The largest absolute Gasteiger partial charge is 0.356 e. The van der Waals surface area contributed by atoms with Crippen molar-refractivity contribution in [3.05, 3.63) is 23.9 Å². The van der Waals surface area contributed by atoms with Crippen molar-refractivity contribution in [2.24, 2.45) is 5.92 Å². The van der Waals surface area contributed by atoms with Gasteiger partial charge in [-0.3, -0.25) is 0 Å². The van der Waals surface area contributed by atoms with Crippen LogP contribution in [0.4, 0.5) is 5.82 Å². The van der Waals surface area contributed by atoms with E-state index in [-0.39, 0.29) is 0 Å². The maximum absolute atomic E-state index is 4.52. The first-order valence-corrected chi connectivity index (χ1v) is 6.56. The molecule has 3 nitrogen and oxygen atoms in total. The summed E-state index contributed by atoms with van der Waals surface area (Å²) >= 11 is 0. The van der Waals surface area contributed by atoms with Gasteiger partial charge in [0.25, 0.3) is 0 Å². The highest BCUT2D eigenvalue weighted by atomic mass is 15.2. The number of aromatic nitrogens is 1. The topological polar surface area (TPSA) is 28.2 Å². The normalized spacial score (nSPS) is 15.3. The van der Waals surface area contributed by atoms with E-state index in [2.05, 4.69) is 42.2 Å². The van der Waals surface area contributed by atoms with Crippen molar-refractivity contribution < 1.29 is 0 Å². The van der Waals surface area contributed by atoms with Gasteiger partial charge in [-0.2, -0.15) is 0 Å². The molecule has 0 aromatic carbocycles. The zero-order chi connectivity index (χ0) is 12.3. The van der Waals surface area contributed by atoms with Gasteiger partial charge in [0.2, 0.25) is 0 Å². The zero-order valence-electron chi connectivity index (χ0n) is 11.1. The molecule has 0 atom stereocenters. The van der Waals surface area contributed by atoms with Crippen LogP contribution < -0.4 is 10.2 Å². The maximum atomic E-state index is 4.52. The highest BCUT2D eigenvalue weighted by molar-refractivity contribution is 5.47. The number of nitrogens with zero attached hydrogens (tertiary/aromatic N) is 2. The molecule has 0 saturated heterocycles. The smallest absolute Gasteiger partial charge is 0.132 e. The van der Waals surface area contributed by atoms with E-state index < -0.39 is 0 Å². The zero-order valence-corrected chi connectivity index (χ0v) is 11.1. The molecule has 1 aliphatic carbocycles. The molecule has 1 aromatic rings. The molecule has 1 aromatic heterocycles. The van der Waals surface area contributed by atoms with Gasteiger partial charge in [0.05, 0.1) is 0 Å². The molecule has 0 unspecified atom stereocenters. The number of pyridine rings is 1.